The van der Waals surface area contributed by atoms with Gasteiger partial charge >= 0.3 is 0 Å². The minimum atomic E-state index is -0.350. The summed E-state index contributed by atoms with van der Waals surface area (Å²) in [4.78, 5) is 30.9. The molecule has 7 nitrogen and oxygen atoms in total. The average Bonchev–Trinajstić information content (AvgIpc) is 2.66. The van der Waals surface area contributed by atoms with Gasteiger partial charge in [0, 0.05) is 18.9 Å². The van der Waals surface area contributed by atoms with Crippen molar-refractivity contribution in [1.82, 2.24) is 15.2 Å². The Kier molecular flexibility index (Phi) is 7.76. The number of nitrogens with zero attached hydrogens (tertiary/aromatic N) is 2. The smallest absolute Gasteiger partial charge is 0.257 e. The van der Waals surface area contributed by atoms with Crippen molar-refractivity contribution in [2.45, 2.75) is 13.3 Å². The van der Waals surface area contributed by atoms with E-state index < -0.39 is 0 Å². The number of carbonyl (C=O) groups is 2. The van der Waals surface area contributed by atoms with Crippen LogP contribution in [0.3, 0.4) is 0 Å². The standard InChI is InChI=1S/C20H26N4O3/c1-4-27-18-9-6-5-8-17(18)23-20(26)16-12-15(13-21-14-16)19(25)22-10-7-11-24(2)3/h5-6,8-9,12-14H,4,7,10-11H2,1-3H3,(H,22,25)(H,23,26). The number of hydrogen-bond acceptors (Lipinski definition) is 5. The Morgan fingerprint density at radius 2 is 1.81 bits per heavy atom. The van der Waals surface area contributed by atoms with Gasteiger partial charge in [-0.1, -0.05) is 12.1 Å². The van der Waals surface area contributed by atoms with Crippen LogP contribution < -0.4 is 15.4 Å². The maximum Gasteiger partial charge on any atom is 0.257 e. The monoisotopic (exact) mass is 370 g/mol. The van der Waals surface area contributed by atoms with Crippen LogP contribution in [-0.2, 0) is 0 Å². The number of hydrogen-bond donors (Lipinski definition) is 2. The zero-order valence-corrected chi connectivity index (χ0v) is 16.0. The second kappa shape index (κ2) is 10.3. The number of benzene rings is 1. The van der Waals surface area contributed by atoms with Crippen molar-refractivity contribution in [3.63, 3.8) is 0 Å². The Hall–Kier alpha value is -2.93. The van der Waals surface area contributed by atoms with Crippen LogP contribution in [0, 0.1) is 0 Å². The Bertz CT molecular complexity index is 777. The number of rotatable bonds is 9. The zero-order chi connectivity index (χ0) is 19.6. The van der Waals surface area contributed by atoms with Crippen LogP contribution in [0.1, 0.15) is 34.1 Å². The van der Waals surface area contributed by atoms with Gasteiger partial charge in [0.05, 0.1) is 23.4 Å². The van der Waals surface area contributed by atoms with Gasteiger partial charge in [0.1, 0.15) is 5.75 Å². The minimum absolute atomic E-state index is 0.245. The molecule has 1 heterocycles. The average molecular weight is 370 g/mol. The predicted octanol–water partition coefficient (Wildman–Crippen LogP) is 2.41. The second-order valence-corrected chi connectivity index (χ2v) is 6.26. The van der Waals surface area contributed by atoms with Crippen molar-refractivity contribution >= 4 is 17.5 Å². The van der Waals surface area contributed by atoms with Gasteiger partial charge < -0.3 is 20.3 Å². The molecule has 1 aromatic heterocycles. The summed E-state index contributed by atoms with van der Waals surface area (Å²) < 4.78 is 5.51. The Morgan fingerprint density at radius 1 is 1.11 bits per heavy atom. The lowest BCUT2D eigenvalue weighted by molar-refractivity contribution is 0.0952. The number of amides is 2. The van der Waals surface area contributed by atoms with Gasteiger partial charge in [0.15, 0.2) is 0 Å². The van der Waals surface area contributed by atoms with Crippen molar-refractivity contribution in [2.75, 3.05) is 39.1 Å². The normalized spacial score (nSPS) is 10.5. The lowest BCUT2D eigenvalue weighted by Gasteiger charge is -2.12. The van der Waals surface area contributed by atoms with E-state index in [2.05, 4.69) is 20.5 Å². The van der Waals surface area contributed by atoms with Crippen molar-refractivity contribution in [2.24, 2.45) is 0 Å². The van der Waals surface area contributed by atoms with E-state index in [4.69, 9.17) is 4.74 Å². The summed E-state index contributed by atoms with van der Waals surface area (Å²) in [5.74, 6) is -0.00127. The molecule has 0 saturated heterocycles. The molecular formula is C20H26N4O3. The highest BCUT2D eigenvalue weighted by Crippen LogP contribution is 2.24. The minimum Gasteiger partial charge on any atom is -0.492 e. The van der Waals surface area contributed by atoms with Crippen molar-refractivity contribution in [1.29, 1.82) is 0 Å². The van der Waals surface area contributed by atoms with Crippen LogP contribution in [0.2, 0.25) is 0 Å². The first-order chi connectivity index (χ1) is 13.0. The van der Waals surface area contributed by atoms with Crippen LogP contribution in [-0.4, -0.2) is 55.5 Å². The number of ether oxygens (including phenoxy) is 1. The third kappa shape index (κ3) is 6.38. The maximum absolute atomic E-state index is 12.5. The quantitative estimate of drug-likeness (QED) is 0.663. The van der Waals surface area contributed by atoms with Crippen LogP contribution in [0.5, 0.6) is 5.75 Å². The molecule has 0 atom stereocenters. The van der Waals surface area contributed by atoms with E-state index in [1.165, 1.54) is 18.5 Å². The van der Waals surface area contributed by atoms with E-state index in [-0.39, 0.29) is 11.8 Å². The molecule has 2 amide bonds. The largest absolute Gasteiger partial charge is 0.492 e. The molecule has 0 fully saturated rings. The molecule has 2 rings (SSSR count). The van der Waals surface area contributed by atoms with Crippen molar-refractivity contribution in [3.8, 4) is 5.75 Å². The lowest BCUT2D eigenvalue weighted by Crippen LogP contribution is -2.27. The van der Waals surface area contributed by atoms with Gasteiger partial charge in [-0.25, -0.2) is 0 Å². The zero-order valence-electron chi connectivity index (χ0n) is 16.0. The first kappa shape index (κ1) is 20.4. The topological polar surface area (TPSA) is 83.6 Å². The Balaban J connectivity index is 2.02. The first-order valence-electron chi connectivity index (χ1n) is 8.92. The number of para-hydroxylation sites is 2. The molecule has 0 radical (unpaired) electrons. The summed E-state index contributed by atoms with van der Waals surface area (Å²) in [7, 11) is 3.97. The fraction of sp³-hybridized carbons (Fsp3) is 0.350. The molecular weight excluding hydrogens is 344 g/mol. The van der Waals surface area contributed by atoms with Gasteiger partial charge in [0.25, 0.3) is 11.8 Å². The summed E-state index contributed by atoms with van der Waals surface area (Å²) >= 11 is 0. The van der Waals surface area contributed by atoms with E-state index in [1.54, 1.807) is 12.1 Å². The summed E-state index contributed by atoms with van der Waals surface area (Å²) in [5, 5.41) is 5.64. The molecule has 0 saturated carbocycles. The predicted molar refractivity (Wildman–Crippen MR) is 105 cm³/mol. The molecule has 0 unspecified atom stereocenters. The van der Waals surface area contributed by atoms with Gasteiger partial charge in [-0.05, 0) is 52.2 Å². The molecule has 0 aliphatic heterocycles. The first-order valence-corrected chi connectivity index (χ1v) is 8.92. The molecule has 144 valence electrons. The van der Waals surface area contributed by atoms with E-state index in [0.717, 1.165) is 13.0 Å². The van der Waals surface area contributed by atoms with Gasteiger partial charge in [-0.15, -0.1) is 0 Å². The van der Waals surface area contributed by atoms with Crippen LogP contribution in [0.15, 0.2) is 42.7 Å². The van der Waals surface area contributed by atoms with E-state index in [0.29, 0.717) is 35.7 Å². The van der Waals surface area contributed by atoms with E-state index in [9.17, 15) is 9.59 Å². The van der Waals surface area contributed by atoms with Crippen molar-refractivity contribution < 1.29 is 14.3 Å². The molecule has 0 aliphatic rings. The van der Waals surface area contributed by atoms with E-state index >= 15 is 0 Å². The summed E-state index contributed by atoms with van der Waals surface area (Å²) in [5.41, 5.74) is 1.23. The molecule has 0 aliphatic carbocycles. The Labute approximate surface area is 159 Å². The SMILES string of the molecule is CCOc1ccccc1NC(=O)c1cncc(C(=O)NCCCN(C)C)c1. The molecule has 27 heavy (non-hydrogen) atoms. The van der Waals surface area contributed by atoms with Crippen LogP contribution >= 0.6 is 0 Å². The molecule has 0 bridgehead atoms. The van der Waals surface area contributed by atoms with Gasteiger partial charge in [-0.3, -0.25) is 14.6 Å². The number of nitrogens with one attached hydrogen (secondary N) is 2. The van der Waals surface area contributed by atoms with Gasteiger partial charge in [0.2, 0.25) is 0 Å². The van der Waals surface area contributed by atoms with E-state index in [1.807, 2.05) is 33.2 Å². The fourth-order valence-electron chi connectivity index (χ4n) is 2.43. The second-order valence-electron chi connectivity index (χ2n) is 6.26. The molecule has 7 heteroatoms. The highest BCUT2D eigenvalue weighted by molar-refractivity contribution is 6.06. The summed E-state index contributed by atoms with van der Waals surface area (Å²) in [6, 6.07) is 8.73. The summed E-state index contributed by atoms with van der Waals surface area (Å²) in [6.45, 7) is 3.83. The highest BCUT2D eigenvalue weighted by Gasteiger charge is 2.13. The third-order valence-electron chi connectivity index (χ3n) is 3.77. The van der Waals surface area contributed by atoms with Crippen LogP contribution in [0.4, 0.5) is 5.69 Å². The highest BCUT2D eigenvalue weighted by atomic mass is 16.5. The molecule has 0 spiro atoms. The number of anilines is 1. The number of carbonyl (C=O) groups excluding carboxylic acids is 2. The van der Waals surface area contributed by atoms with Gasteiger partial charge in [-0.2, -0.15) is 0 Å². The summed E-state index contributed by atoms with van der Waals surface area (Å²) in [6.07, 6.45) is 3.73. The number of aromatic nitrogens is 1. The molecule has 2 aromatic rings. The van der Waals surface area contributed by atoms with Crippen LogP contribution in [0.25, 0.3) is 0 Å². The fourth-order valence-corrected chi connectivity index (χ4v) is 2.43. The third-order valence-corrected chi connectivity index (χ3v) is 3.77. The Morgan fingerprint density at radius 3 is 2.52 bits per heavy atom. The lowest BCUT2D eigenvalue weighted by atomic mass is 10.1. The van der Waals surface area contributed by atoms with Crippen molar-refractivity contribution in [3.05, 3.63) is 53.9 Å². The molecule has 1 aromatic carbocycles. The maximum atomic E-state index is 12.5. The number of pyridine rings is 1. The molecule has 2 N–H and O–H groups in total.